The van der Waals surface area contributed by atoms with Crippen LogP contribution in [0.3, 0.4) is 0 Å². The van der Waals surface area contributed by atoms with Crippen molar-refractivity contribution >= 4 is 74.5 Å². The summed E-state index contributed by atoms with van der Waals surface area (Å²) in [5.41, 5.74) is 2.13. The van der Waals surface area contributed by atoms with Crippen LogP contribution in [0.1, 0.15) is 12.0 Å². The number of aliphatic hydroxyl groups is 2. The van der Waals surface area contributed by atoms with Gasteiger partial charge >= 0.3 is 0 Å². The summed E-state index contributed by atoms with van der Waals surface area (Å²) >= 11 is 0. The zero-order valence-electron chi connectivity index (χ0n) is 8.72. The fraction of sp³-hybridized carbons (Fsp3) is 0.167. The van der Waals surface area contributed by atoms with Crippen LogP contribution >= 0.6 is 0 Å². The molecule has 0 amide bonds. The molecule has 0 atom stereocenters. The minimum Gasteiger partial charge on any atom is -0.362 e. The minimum absolute atomic E-state index is 0. The van der Waals surface area contributed by atoms with Gasteiger partial charge < -0.3 is 10.2 Å². The van der Waals surface area contributed by atoms with E-state index in [1.807, 2.05) is 36.4 Å². The van der Waals surface area contributed by atoms with Gasteiger partial charge in [0.25, 0.3) is 0 Å². The Bertz CT molecular complexity index is 380. The van der Waals surface area contributed by atoms with Crippen LogP contribution in [0, 0.1) is 0 Å². The molecule has 0 saturated heterocycles. The van der Waals surface area contributed by atoms with E-state index in [2.05, 4.69) is 0 Å². The summed E-state index contributed by atoms with van der Waals surface area (Å²) < 4.78 is 0. The quantitative estimate of drug-likeness (QED) is 0.766. The van der Waals surface area contributed by atoms with Gasteiger partial charge in [-0.3, -0.25) is 0 Å². The summed E-state index contributed by atoms with van der Waals surface area (Å²) in [6.07, 6.45) is 5.22. The Labute approximate surface area is 148 Å². The molecule has 15 heavy (non-hydrogen) atoms. The van der Waals surface area contributed by atoms with E-state index in [1.165, 1.54) is 6.08 Å². The smallest absolute Gasteiger partial charge is 0.186 e. The van der Waals surface area contributed by atoms with Crippen molar-refractivity contribution in [1.29, 1.82) is 0 Å². The number of allylic oxidation sites excluding steroid dienone is 2. The maximum atomic E-state index is 9.26. The van der Waals surface area contributed by atoms with Crippen LogP contribution in [0.5, 0.6) is 0 Å². The molecule has 73 valence electrons. The molecule has 2 rings (SSSR count). The number of hydrogen-bond donors (Lipinski definition) is 2. The molecule has 0 aliphatic heterocycles. The van der Waals surface area contributed by atoms with Crippen molar-refractivity contribution in [3.05, 3.63) is 54.1 Å². The molecule has 0 fully saturated rings. The van der Waals surface area contributed by atoms with Gasteiger partial charge in [0, 0.05) is 75.3 Å². The fourth-order valence-electron chi connectivity index (χ4n) is 1.46. The monoisotopic (exact) mass is 321 g/mol. The van der Waals surface area contributed by atoms with Crippen LogP contribution in [0.25, 0.3) is 5.57 Å². The van der Waals surface area contributed by atoms with Crippen LogP contribution in [0.15, 0.2) is 48.6 Å². The first-order valence-corrected chi connectivity index (χ1v) is 4.57. The fourth-order valence-corrected chi connectivity index (χ4v) is 1.46. The first-order valence-electron chi connectivity index (χ1n) is 4.57. The molecule has 0 bridgehead atoms. The van der Waals surface area contributed by atoms with Crippen LogP contribution in [0.4, 0.5) is 0 Å². The first kappa shape index (κ1) is 13.7. The number of benzene rings is 1. The number of hydrogen-bond acceptors (Lipinski definition) is 2. The molecule has 1 aromatic carbocycles. The van der Waals surface area contributed by atoms with E-state index in [0.717, 1.165) is 11.1 Å². The zero-order chi connectivity index (χ0) is 10.0. The second-order valence-corrected chi connectivity index (χ2v) is 3.44. The van der Waals surface area contributed by atoms with Crippen LogP contribution in [-0.2, 0) is 0 Å². The summed E-state index contributed by atoms with van der Waals surface area (Å²) in [6.45, 7) is 0. The standard InChI is InChI=1S/C12H12O2.Cs/c13-12(14)8-6-11(7-9-12)10-4-2-1-3-5-10;/h1-8,13-14H,9H2;. The Morgan fingerprint density at radius 1 is 1.07 bits per heavy atom. The first-order chi connectivity index (χ1) is 6.67. The maximum absolute atomic E-state index is 9.26. The van der Waals surface area contributed by atoms with Crippen LogP contribution in [0.2, 0.25) is 0 Å². The van der Waals surface area contributed by atoms with Gasteiger partial charge in [-0.05, 0) is 17.2 Å². The molecule has 1 radical (unpaired) electrons. The van der Waals surface area contributed by atoms with Crippen molar-refractivity contribution in [1.82, 2.24) is 0 Å². The summed E-state index contributed by atoms with van der Waals surface area (Å²) in [5, 5.41) is 18.5. The molecule has 2 nitrogen and oxygen atoms in total. The van der Waals surface area contributed by atoms with Gasteiger partial charge in [-0.25, -0.2) is 0 Å². The Hall–Kier alpha value is 0.672. The van der Waals surface area contributed by atoms with Crippen molar-refractivity contribution in [3.8, 4) is 0 Å². The van der Waals surface area contributed by atoms with E-state index in [0.29, 0.717) is 0 Å². The third-order valence-corrected chi connectivity index (χ3v) is 2.26. The number of rotatable bonds is 1. The summed E-state index contributed by atoms with van der Waals surface area (Å²) in [4.78, 5) is 0. The molecule has 2 N–H and O–H groups in total. The molecule has 0 heterocycles. The zero-order valence-corrected chi connectivity index (χ0v) is 15.0. The molecule has 0 saturated carbocycles. The van der Waals surface area contributed by atoms with E-state index in [9.17, 15) is 10.2 Å². The second-order valence-electron chi connectivity index (χ2n) is 3.44. The Morgan fingerprint density at radius 2 is 1.73 bits per heavy atom. The Balaban J connectivity index is 0.00000112. The third kappa shape index (κ3) is 3.87. The minimum atomic E-state index is -1.67. The van der Waals surface area contributed by atoms with Gasteiger partial charge in [0.15, 0.2) is 5.79 Å². The Morgan fingerprint density at radius 3 is 2.27 bits per heavy atom. The van der Waals surface area contributed by atoms with Crippen molar-refractivity contribution in [2.75, 3.05) is 0 Å². The van der Waals surface area contributed by atoms with E-state index in [4.69, 9.17) is 0 Å². The van der Waals surface area contributed by atoms with Gasteiger partial charge in [-0.2, -0.15) is 0 Å². The van der Waals surface area contributed by atoms with Gasteiger partial charge in [-0.1, -0.05) is 42.5 Å². The summed E-state index contributed by atoms with van der Waals surface area (Å²) in [7, 11) is 0. The van der Waals surface area contributed by atoms with Crippen molar-refractivity contribution < 1.29 is 10.2 Å². The average Bonchev–Trinajstić information content (AvgIpc) is 2.19. The topological polar surface area (TPSA) is 40.5 Å². The third-order valence-electron chi connectivity index (χ3n) is 2.26. The molecule has 3 heteroatoms. The van der Waals surface area contributed by atoms with E-state index in [-0.39, 0.29) is 75.3 Å². The van der Waals surface area contributed by atoms with Gasteiger partial charge in [0.1, 0.15) is 0 Å². The maximum Gasteiger partial charge on any atom is 0.186 e. The molecule has 0 aromatic heterocycles. The average molecular weight is 321 g/mol. The molecule has 0 spiro atoms. The molecule has 0 unspecified atom stereocenters. The largest absolute Gasteiger partial charge is 0.362 e. The van der Waals surface area contributed by atoms with Crippen LogP contribution < -0.4 is 0 Å². The molecular formula is C12H12CsO2. The SMILES string of the molecule is OC1(O)C=CC(c2ccccc2)=CC1.[Cs]. The van der Waals surface area contributed by atoms with Crippen molar-refractivity contribution in [2.45, 2.75) is 12.2 Å². The predicted octanol–water partition coefficient (Wildman–Crippen LogP) is 1.33. The van der Waals surface area contributed by atoms with E-state index >= 15 is 0 Å². The van der Waals surface area contributed by atoms with E-state index < -0.39 is 5.79 Å². The Kier molecular flexibility index (Phi) is 5.35. The normalized spacial score (nSPS) is 17.9. The summed E-state index contributed by atoms with van der Waals surface area (Å²) in [6, 6.07) is 9.88. The molecule has 1 aliphatic rings. The van der Waals surface area contributed by atoms with Gasteiger partial charge in [-0.15, -0.1) is 0 Å². The van der Waals surface area contributed by atoms with Gasteiger partial charge in [0.2, 0.25) is 0 Å². The summed E-state index contributed by atoms with van der Waals surface area (Å²) in [5.74, 6) is -1.67. The molecule has 1 aromatic rings. The second kappa shape index (κ2) is 5.84. The molecule has 1 aliphatic carbocycles. The van der Waals surface area contributed by atoms with Crippen molar-refractivity contribution in [3.63, 3.8) is 0 Å². The molecular weight excluding hydrogens is 309 g/mol. The predicted molar refractivity (Wildman–Crippen MR) is 61.1 cm³/mol. The van der Waals surface area contributed by atoms with E-state index in [1.54, 1.807) is 6.08 Å². The van der Waals surface area contributed by atoms with Gasteiger partial charge in [0.05, 0.1) is 0 Å². The van der Waals surface area contributed by atoms with Crippen molar-refractivity contribution in [2.24, 2.45) is 0 Å². The van der Waals surface area contributed by atoms with Crippen LogP contribution in [-0.4, -0.2) is 84.9 Å².